The van der Waals surface area contributed by atoms with Gasteiger partial charge in [-0.2, -0.15) is 0 Å². The molecule has 86 valence electrons. The lowest BCUT2D eigenvalue weighted by atomic mass is 10.2. The molecule has 0 bridgehead atoms. The number of carbonyl (C=O) groups excluding carboxylic acids is 2. The number of halogens is 1. The Labute approximate surface area is 111 Å². The molecule has 0 N–H and O–H groups in total. The Morgan fingerprint density at radius 3 is 2.44 bits per heavy atom. The predicted octanol–water partition coefficient (Wildman–Crippen LogP) is 1.43. The van der Waals surface area contributed by atoms with Gasteiger partial charge in [-0.1, -0.05) is 6.07 Å². The molecule has 16 heavy (non-hydrogen) atoms. The Bertz CT molecular complexity index is 434. The van der Waals surface area contributed by atoms with Gasteiger partial charge in [-0.25, -0.2) is 0 Å². The summed E-state index contributed by atoms with van der Waals surface area (Å²) in [5.41, 5.74) is 0.117. The third-order valence-electron chi connectivity index (χ3n) is 1.73. The highest BCUT2D eigenvalue weighted by Crippen LogP contribution is 2.26. The second kappa shape index (κ2) is 5.53. The van der Waals surface area contributed by atoms with Gasteiger partial charge in [0.2, 0.25) is 0 Å². The number of carbonyl (C=O) groups is 2. The Hall–Kier alpha value is -0.760. The number of rotatable bonds is 2. The minimum Gasteiger partial charge on any atom is -0.545 e. The van der Waals surface area contributed by atoms with Gasteiger partial charge in [0.1, 0.15) is 0 Å². The summed E-state index contributed by atoms with van der Waals surface area (Å²) in [5.74, 6) is -1.21. The Balaban J connectivity index is 2.91. The van der Waals surface area contributed by atoms with Gasteiger partial charge in [0.25, 0.3) is 5.24 Å². The number of carboxylic acid groups (broad SMARTS) is 1. The molecule has 0 aromatic heterocycles. The van der Waals surface area contributed by atoms with E-state index in [2.05, 4.69) is 0 Å². The van der Waals surface area contributed by atoms with Crippen molar-refractivity contribution in [2.75, 3.05) is 14.1 Å². The fourth-order valence-corrected chi connectivity index (χ4v) is 2.40. The van der Waals surface area contributed by atoms with Crippen molar-refractivity contribution in [3.8, 4) is 0 Å². The molecule has 1 amide bonds. The van der Waals surface area contributed by atoms with Gasteiger partial charge in [-0.3, -0.25) is 4.79 Å². The first-order valence-corrected chi connectivity index (χ1v) is 6.21. The Morgan fingerprint density at radius 1 is 1.38 bits per heavy atom. The largest absolute Gasteiger partial charge is 0.545 e. The van der Waals surface area contributed by atoms with E-state index in [9.17, 15) is 14.7 Å². The molecular weight excluding hydrogens is 341 g/mol. The maximum atomic E-state index is 11.4. The van der Waals surface area contributed by atoms with Gasteiger partial charge in [-0.15, -0.1) is 0 Å². The van der Waals surface area contributed by atoms with Crippen LogP contribution in [-0.4, -0.2) is 30.2 Å². The first-order chi connectivity index (χ1) is 7.41. The highest BCUT2D eigenvalue weighted by atomic mass is 127. The van der Waals surface area contributed by atoms with Crippen molar-refractivity contribution < 1.29 is 14.7 Å². The van der Waals surface area contributed by atoms with E-state index in [4.69, 9.17) is 0 Å². The number of hydrogen-bond acceptors (Lipinski definition) is 4. The quantitative estimate of drug-likeness (QED) is 0.598. The molecule has 0 radical (unpaired) electrons. The molecule has 1 aromatic carbocycles. The Morgan fingerprint density at radius 2 is 2.00 bits per heavy atom. The van der Waals surface area contributed by atoms with Crippen molar-refractivity contribution in [2.24, 2.45) is 0 Å². The lowest BCUT2D eigenvalue weighted by Gasteiger charge is -2.11. The molecule has 0 saturated carbocycles. The normalized spacial score (nSPS) is 9.94. The minimum atomic E-state index is -1.21. The van der Waals surface area contributed by atoms with Gasteiger partial charge in [0, 0.05) is 22.6 Å². The number of amides is 1. The summed E-state index contributed by atoms with van der Waals surface area (Å²) >= 11 is 3.06. The number of carboxylic acids is 1. The summed E-state index contributed by atoms with van der Waals surface area (Å²) in [6.07, 6.45) is 0. The second-order valence-corrected chi connectivity index (χ2v) is 5.35. The predicted molar refractivity (Wildman–Crippen MR) is 68.4 cm³/mol. The third kappa shape index (κ3) is 3.38. The molecule has 4 nitrogen and oxygen atoms in total. The van der Waals surface area contributed by atoms with E-state index in [1.807, 2.05) is 22.6 Å². The van der Waals surface area contributed by atoms with Crippen LogP contribution in [0.15, 0.2) is 23.1 Å². The monoisotopic (exact) mass is 350 g/mol. The molecule has 0 aliphatic heterocycles. The second-order valence-electron chi connectivity index (χ2n) is 3.20. The van der Waals surface area contributed by atoms with Gasteiger partial charge < -0.3 is 14.8 Å². The number of benzene rings is 1. The first kappa shape index (κ1) is 13.3. The highest BCUT2D eigenvalue weighted by Gasteiger charge is 2.10. The summed E-state index contributed by atoms with van der Waals surface area (Å²) in [7, 11) is 3.33. The molecule has 0 atom stereocenters. The van der Waals surface area contributed by atoms with E-state index >= 15 is 0 Å². The van der Waals surface area contributed by atoms with Gasteiger partial charge >= 0.3 is 0 Å². The van der Waals surface area contributed by atoms with Crippen LogP contribution in [0.4, 0.5) is 4.79 Å². The molecule has 1 rings (SSSR count). The van der Waals surface area contributed by atoms with E-state index in [0.29, 0.717) is 0 Å². The molecule has 0 fully saturated rings. The number of thioether (sulfide) groups is 1. The molecule has 6 heteroatoms. The van der Waals surface area contributed by atoms with Crippen LogP contribution in [0.25, 0.3) is 0 Å². The molecule has 0 saturated heterocycles. The van der Waals surface area contributed by atoms with Crippen LogP contribution in [0.2, 0.25) is 0 Å². The number of nitrogens with zero attached hydrogens (tertiary/aromatic N) is 1. The lowest BCUT2D eigenvalue weighted by Crippen LogP contribution is -2.22. The van der Waals surface area contributed by atoms with Gasteiger partial charge in [0.15, 0.2) is 0 Å². The fraction of sp³-hybridized carbons (Fsp3) is 0.200. The summed E-state index contributed by atoms with van der Waals surface area (Å²) < 4.78 is 0.722. The highest BCUT2D eigenvalue weighted by molar-refractivity contribution is 14.1. The third-order valence-corrected chi connectivity index (χ3v) is 4.10. The average Bonchev–Trinajstić information content (AvgIpc) is 2.20. The van der Waals surface area contributed by atoms with Crippen LogP contribution in [-0.2, 0) is 0 Å². The van der Waals surface area contributed by atoms with E-state index in [0.717, 1.165) is 20.2 Å². The van der Waals surface area contributed by atoms with Crippen LogP contribution < -0.4 is 5.11 Å². The van der Waals surface area contributed by atoms with Crippen LogP contribution in [0.1, 0.15) is 10.4 Å². The summed E-state index contributed by atoms with van der Waals surface area (Å²) in [6, 6.07) is 4.53. The maximum Gasteiger partial charge on any atom is 0.285 e. The molecule has 0 unspecified atom stereocenters. The lowest BCUT2D eigenvalue weighted by molar-refractivity contribution is -0.255. The number of aromatic carboxylic acids is 1. The van der Waals surface area contributed by atoms with Gasteiger partial charge in [0.05, 0.1) is 5.97 Å². The summed E-state index contributed by atoms with van der Waals surface area (Å²) in [4.78, 5) is 24.2. The van der Waals surface area contributed by atoms with Crippen LogP contribution in [0, 0.1) is 3.57 Å². The van der Waals surface area contributed by atoms with Crippen LogP contribution in [0.3, 0.4) is 0 Å². The minimum absolute atomic E-state index is 0.0980. The standard InChI is InChI=1S/C10H10INO3S/c1-12(2)10(15)16-8-4-3-6(9(13)14)5-7(8)11/h3-5H,1-2H3,(H,13,14)/p-1. The zero-order valence-corrected chi connectivity index (χ0v) is 11.7. The van der Waals surface area contributed by atoms with Crippen molar-refractivity contribution in [1.82, 2.24) is 4.90 Å². The van der Waals surface area contributed by atoms with E-state index < -0.39 is 5.97 Å². The van der Waals surface area contributed by atoms with E-state index in [1.165, 1.54) is 17.0 Å². The summed E-state index contributed by atoms with van der Waals surface area (Å²) in [6.45, 7) is 0. The number of hydrogen-bond donors (Lipinski definition) is 0. The van der Waals surface area contributed by atoms with Crippen molar-refractivity contribution in [3.63, 3.8) is 0 Å². The van der Waals surface area contributed by atoms with Crippen LogP contribution >= 0.6 is 34.4 Å². The zero-order chi connectivity index (χ0) is 12.3. The van der Waals surface area contributed by atoms with Crippen molar-refractivity contribution in [3.05, 3.63) is 27.3 Å². The van der Waals surface area contributed by atoms with Gasteiger partial charge in [-0.05, 0) is 52.0 Å². The zero-order valence-electron chi connectivity index (χ0n) is 8.69. The van der Waals surface area contributed by atoms with Crippen molar-refractivity contribution in [2.45, 2.75) is 4.90 Å². The Kier molecular flexibility index (Phi) is 4.60. The van der Waals surface area contributed by atoms with Crippen molar-refractivity contribution in [1.29, 1.82) is 0 Å². The SMILES string of the molecule is CN(C)C(=O)Sc1ccc(C(=O)[O-])cc1I. The fourth-order valence-electron chi connectivity index (χ4n) is 0.896. The smallest absolute Gasteiger partial charge is 0.285 e. The van der Waals surface area contributed by atoms with E-state index in [1.54, 1.807) is 20.2 Å². The van der Waals surface area contributed by atoms with Crippen LogP contribution in [0.5, 0.6) is 0 Å². The molecule has 0 aliphatic rings. The summed E-state index contributed by atoms with van der Waals surface area (Å²) in [5, 5.41) is 10.5. The van der Waals surface area contributed by atoms with Crippen molar-refractivity contribution >= 4 is 45.6 Å². The molecule has 0 aliphatic carbocycles. The maximum absolute atomic E-state index is 11.4. The molecule has 0 heterocycles. The molecule has 0 spiro atoms. The molecule has 1 aromatic rings. The molecular formula is C10H9INO3S-. The topological polar surface area (TPSA) is 60.4 Å². The average molecular weight is 350 g/mol. The van der Waals surface area contributed by atoms with E-state index in [-0.39, 0.29) is 10.8 Å². The first-order valence-electron chi connectivity index (χ1n) is 4.32.